The lowest BCUT2D eigenvalue weighted by molar-refractivity contribution is 0.106. The predicted octanol–water partition coefficient (Wildman–Crippen LogP) is 2.47. The number of hydrogen-bond acceptors (Lipinski definition) is 5. The summed E-state index contributed by atoms with van der Waals surface area (Å²) in [5.74, 6) is 0.284. The molecule has 1 rings (SSSR count). The molecule has 70 valence electrons. The fourth-order valence-electron chi connectivity index (χ4n) is 0.668. The highest BCUT2D eigenvalue weighted by Gasteiger charge is 2.12. The second-order valence-electron chi connectivity index (χ2n) is 2.05. The third-order valence-electron chi connectivity index (χ3n) is 1.16. The molecule has 0 aliphatic heterocycles. The van der Waals surface area contributed by atoms with Gasteiger partial charge in [-0.3, -0.25) is 4.79 Å². The summed E-state index contributed by atoms with van der Waals surface area (Å²) in [5.41, 5.74) is 0. The van der Waals surface area contributed by atoms with Gasteiger partial charge in [0.05, 0.1) is 12.9 Å². The number of furan rings is 1. The predicted molar refractivity (Wildman–Crippen MR) is 54.9 cm³/mol. The molecule has 0 aliphatic carbocycles. The normalized spacial score (nSPS) is 9.62. The smallest absolute Gasteiger partial charge is 0.263 e. The van der Waals surface area contributed by atoms with Crippen molar-refractivity contribution >= 4 is 33.5 Å². The minimum atomic E-state index is -0.233. The summed E-state index contributed by atoms with van der Waals surface area (Å²) < 4.78 is 10.1. The van der Waals surface area contributed by atoms with E-state index in [4.69, 9.17) is 21.4 Å². The van der Waals surface area contributed by atoms with E-state index in [0.29, 0.717) is 6.61 Å². The lowest BCUT2D eigenvalue weighted by Crippen LogP contribution is -2.01. The van der Waals surface area contributed by atoms with E-state index in [-0.39, 0.29) is 15.3 Å². The molecule has 3 nitrogen and oxygen atoms in total. The lowest BCUT2D eigenvalue weighted by Gasteiger charge is -2.00. The molecule has 0 spiro atoms. The van der Waals surface area contributed by atoms with Gasteiger partial charge in [-0.1, -0.05) is 0 Å². The van der Waals surface area contributed by atoms with Crippen molar-refractivity contribution in [3.8, 4) is 0 Å². The number of rotatable bonds is 2. The second kappa shape index (κ2) is 5.04. The van der Waals surface area contributed by atoms with Crippen molar-refractivity contribution in [3.63, 3.8) is 0 Å². The zero-order chi connectivity index (χ0) is 9.68. The molecule has 0 atom stereocenters. The summed E-state index contributed by atoms with van der Waals surface area (Å²) >= 11 is 5.64. The number of ether oxygens (including phenoxy) is 1. The van der Waals surface area contributed by atoms with E-state index in [9.17, 15) is 4.79 Å². The minimum absolute atomic E-state index is 0.226. The van der Waals surface area contributed by atoms with Crippen LogP contribution in [0, 0.1) is 0 Å². The molecule has 1 aromatic heterocycles. The summed E-state index contributed by atoms with van der Waals surface area (Å²) in [7, 11) is 0. The highest BCUT2D eigenvalue weighted by Crippen LogP contribution is 2.15. The third kappa shape index (κ3) is 3.20. The van der Waals surface area contributed by atoms with E-state index < -0.39 is 0 Å². The van der Waals surface area contributed by atoms with Crippen LogP contribution in [0.2, 0.25) is 0 Å². The van der Waals surface area contributed by atoms with E-state index in [1.54, 1.807) is 12.1 Å². The van der Waals surface area contributed by atoms with Crippen molar-refractivity contribution in [3.05, 3.63) is 24.2 Å². The molecule has 0 amide bonds. The maximum Gasteiger partial charge on any atom is 0.263 e. The fourth-order valence-corrected chi connectivity index (χ4v) is 1.56. The Labute approximate surface area is 85.4 Å². The first-order chi connectivity index (χ1) is 6.24. The molecule has 0 saturated carbocycles. The minimum Gasteiger partial charge on any atom is -0.479 e. The number of hydrogen-bond donors (Lipinski definition) is 0. The van der Waals surface area contributed by atoms with Gasteiger partial charge >= 0.3 is 0 Å². The molecule has 0 aliphatic rings. The molecule has 1 heterocycles. The second-order valence-corrected chi connectivity index (χ2v) is 3.62. The molecule has 0 bridgehead atoms. The van der Waals surface area contributed by atoms with Crippen LogP contribution in [0.4, 0.5) is 0 Å². The summed E-state index contributed by atoms with van der Waals surface area (Å²) in [6, 6.07) is 3.24. The Hall–Kier alpha value is -0.810. The number of carbonyl (C=O) groups excluding carboxylic acids is 1. The Bertz CT molecular complexity index is 292. The van der Waals surface area contributed by atoms with Gasteiger partial charge in [-0.2, -0.15) is 0 Å². The van der Waals surface area contributed by atoms with Crippen molar-refractivity contribution in [2.75, 3.05) is 6.61 Å². The van der Waals surface area contributed by atoms with E-state index in [1.165, 1.54) is 6.26 Å². The van der Waals surface area contributed by atoms with Crippen LogP contribution in [0.3, 0.4) is 0 Å². The average Bonchev–Trinajstić information content (AvgIpc) is 2.55. The molecular weight excluding hydrogens is 208 g/mol. The zero-order valence-electron chi connectivity index (χ0n) is 6.98. The van der Waals surface area contributed by atoms with Gasteiger partial charge in [-0.25, -0.2) is 0 Å². The van der Waals surface area contributed by atoms with Gasteiger partial charge in [0, 0.05) is 11.8 Å². The van der Waals surface area contributed by atoms with Gasteiger partial charge in [-0.05, 0) is 31.3 Å². The summed E-state index contributed by atoms with van der Waals surface area (Å²) in [5, 5.41) is -0.233. The molecule has 0 fully saturated rings. The first-order valence-electron chi connectivity index (χ1n) is 3.66. The van der Waals surface area contributed by atoms with Gasteiger partial charge in [0.15, 0.2) is 5.76 Å². The molecule has 5 heteroatoms. The van der Waals surface area contributed by atoms with E-state index in [1.807, 2.05) is 6.92 Å². The Morgan fingerprint density at radius 3 is 3.08 bits per heavy atom. The zero-order valence-corrected chi connectivity index (χ0v) is 8.61. The maximum atomic E-state index is 11.3. The molecule has 0 N–H and O–H groups in total. The number of thiocarbonyl (C=S) groups is 1. The van der Waals surface area contributed by atoms with Gasteiger partial charge in [0.2, 0.25) is 4.38 Å². The Kier molecular flexibility index (Phi) is 3.98. The van der Waals surface area contributed by atoms with Gasteiger partial charge in [-0.15, -0.1) is 0 Å². The molecule has 0 unspecified atom stereocenters. The largest absolute Gasteiger partial charge is 0.479 e. The average molecular weight is 216 g/mol. The van der Waals surface area contributed by atoms with Gasteiger partial charge < -0.3 is 9.15 Å². The molecular formula is C8H8O3S2. The Balaban J connectivity index is 2.47. The third-order valence-corrected chi connectivity index (χ3v) is 2.20. The SMILES string of the molecule is CCOC(=S)SC(=O)c1ccco1. The molecule has 0 radical (unpaired) electrons. The summed E-state index contributed by atoms with van der Waals surface area (Å²) in [6.07, 6.45) is 1.44. The quantitative estimate of drug-likeness (QED) is 0.710. The van der Waals surface area contributed by atoms with Crippen LogP contribution in [-0.4, -0.2) is 16.1 Å². The van der Waals surface area contributed by atoms with Gasteiger partial charge in [0.25, 0.3) is 5.12 Å². The highest BCUT2D eigenvalue weighted by molar-refractivity contribution is 8.32. The first kappa shape index (κ1) is 10.3. The summed E-state index contributed by atoms with van der Waals surface area (Å²) in [4.78, 5) is 11.3. The van der Waals surface area contributed by atoms with Crippen LogP contribution in [0.5, 0.6) is 0 Å². The Morgan fingerprint density at radius 2 is 2.54 bits per heavy atom. The topological polar surface area (TPSA) is 39.4 Å². The van der Waals surface area contributed by atoms with Crippen LogP contribution in [0.1, 0.15) is 17.5 Å². The van der Waals surface area contributed by atoms with Crippen molar-refractivity contribution in [2.24, 2.45) is 0 Å². The molecule has 1 aromatic rings. The lowest BCUT2D eigenvalue weighted by atomic mass is 10.5. The van der Waals surface area contributed by atoms with Gasteiger partial charge in [0.1, 0.15) is 0 Å². The number of carbonyl (C=O) groups is 1. The van der Waals surface area contributed by atoms with Crippen molar-refractivity contribution < 1.29 is 13.9 Å². The first-order valence-corrected chi connectivity index (χ1v) is 4.89. The van der Waals surface area contributed by atoms with Crippen LogP contribution >= 0.6 is 24.0 Å². The molecule has 0 aromatic carbocycles. The van der Waals surface area contributed by atoms with Crippen LogP contribution in [0.15, 0.2) is 22.8 Å². The summed E-state index contributed by atoms with van der Waals surface area (Å²) in [6.45, 7) is 2.28. The van der Waals surface area contributed by atoms with E-state index >= 15 is 0 Å². The van der Waals surface area contributed by atoms with Crippen molar-refractivity contribution in [1.29, 1.82) is 0 Å². The Morgan fingerprint density at radius 1 is 1.77 bits per heavy atom. The van der Waals surface area contributed by atoms with Crippen LogP contribution in [-0.2, 0) is 4.74 Å². The molecule has 13 heavy (non-hydrogen) atoms. The number of thioether (sulfide) groups is 1. The molecule has 0 saturated heterocycles. The van der Waals surface area contributed by atoms with E-state index in [2.05, 4.69) is 0 Å². The maximum absolute atomic E-state index is 11.3. The highest BCUT2D eigenvalue weighted by atomic mass is 32.2. The van der Waals surface area contributed by atoms with Crippen LogP contribution < -0.4 is 0 Å². The standard InChI is InChI=1S/C8H8O3S2/c1-2-10-8(12)13-7(9)6-4-3-5-11-6/h3-5H,2H2,1H3. The van der Waals surface area contributed by atoms with Crippen molar-refractivity contribution in [2.45, 2.75) is 6.92 Å². The van der Waals surface area contributed by atoms with Crippen molar-refractivity contribution in [1.82, 2.24) is 0 Å². The van der Waals surface area contributed by atoms with Crippen LogP contribution in [0.25, 0.3) is 0 Å². The monoisotopic (exact) mass is 216 g/mol. The fraction of sp³-hybridized carbons (Fsp3) is 0.250. The van der Waals surface area contributed by atoms with E-state index in [0.717, 1.165) is 11.8 Å².